The third kappa shape index (κ3) is 4.92. The first kappa shape index (κ1) is 12.9. The summed E-state index contributed by atoms with van der Waals surface area (Å²) in [5, 5.41) is 6.15. The van der Waals surface area contributed by atoms with Gasteiger partial charge in [-0.1, -0.05) is 30.3 Å². The second-order valence-electron chi connectivity index (χ2n) is 3.74. The fourth-order valence-electron chi connectivity index (χ4n) is 1.08. The van der Waals surface area contributed by atoms with Crippen molar-refractivity contribution >= 4 is 18.0 Å². The molecule has 0 heterocycles. The molecule has 0 bridgehead atoms. The molecular formula is C12H15N3O2. The molecule has 0 spiro atoms. The Labute approximate surface area is 99.9 Å². The maximum atomic E-state index is 11.2. The summed E-state index contributed by atoms with van der Waals surface area (Å²) in [6, 6.07) is 9.19. The van der Waals surface area contributed by atoms with E-state index in [9.17, 15) is 9.59 Å². The van der Waals surface area contributed by atoms with Crippen LogP contribution in [0.1, 0.15) is 19.4 Å². The van der Waals surface area contributed by atoms with Crippen LogP contribution in [0.4, 0.5) is 0 Å². The molecule has 1 aromatic rings. The molecule has 0 saturated carbocycles. The predicted molar refractivity (Wildman–Crippen MR) is 65.5 cm³/mol. The van der Waals surface area contributed by atoms with Crippen LogP contribution in [0.15, 0.2) is 35.4 Å². The van der Waals surface area contributed by atoms with E-state index in [0.29, 0.717) is 0 Å². The lowest BCUT2D eigenvalue weighted by Gasteiger charge is -2.05. The Balaban J connectivity index is 2.43. The highest BCUT2D eigenvalue weighted by Gasteiger charge is 2.12. The molecule has 2 amide bonds. The Morgan fingerprint density at radius 3 is 2.41 bits per heavy atom. The molecule has 0 aliphatic heterocycles. The summed E-state index contributed by atoms with van der Waals surface area (Å²) >= 11 is 0. The molecule has 0 fully saturated rings. The van der Waals surface area contributed by atoms with Gasteiger partial charge in [-0.3, -0.25) is 9.59 Å². The van der Waals surface area contributed by atoms with Gasteiger partial charge in [-0.15, -0.1) is 0 Å². The van der Waals surface area contributed by atoms with Crippen molar-refractivity contribution in [1.29, 1.82) is 0 Å². The Morgan fingerprint density at radius 2 is 1.82 bits per heavy atom. The Hall–Kier alpha value is -2.17. The molecule has 17 heavy (non-hydrogen) atoms. The zero-order valence-electron chi connectivity index (χ0n) is 9.81. The summed E-state index contributed by atoms with van der Waals surface area (Å²) in [6.45, 7) is 3.55. The quantitative estimate of drug-likeness (QED) is 0.457. The minimum absolute atomic E-state index is 0.0775. The van der Waals surface area contributed by atoms with E-state index in [1.807, 2.05) is 30.3 Å². The third-order valence-electron chi connectivity index (χ3n) is 1.81. The largest absolute Gasteiger partial charge is 0.346 e. The van der Waals surface area contributed by atoms with E-state index in [2.05, 4.69) is 15.8 Å². The lowest BCUT2D eigenvalue weighted by molar-refractivity contribution is -0.139. The lowest BCUT2D eigenvalue weighted by atomic mass is 10.2. The summed E-state index contributed by atoms with van der Waals surface area (Å²) in [6.07, 6.45) is 1.47. The summed E-state index contributed by atoms with van der Waals surface area (Å²) in [5.41, 5.74) is 3.00. The van der Waals surface area contributed by atoms with Crippen LogP contribution in [-0.4, -0.2) is 24.1 Å². The van der Waals surface area contributed by atoms with Gasteiger partial charge in [0, 0.05) is 6.04 Å². The lowest BCUT2D eigenvalue weighted by Crippen LogP contribution is -2.41. The van der Waals surface area contributed by atoms with Crippen molar-refractivity contribution in [1.82, 2.24) is 10.7 Å². The molecule has 0 aliphatic rings. The van der Waals surface area contributed by atoms with Crippen molar-refractivity contribution in [2.45, 2.75) is 19.9 Å². The average molecular weight is 233 g/mol. The van der Waals surface area contributed by atoms with Crippen LogP contribution in [0.5, 0.6) is 0 Å². The first-order valence-corrected chi connectivity index (χ1v) is 5.28. The smallest absolute Gasteiger partial charge is 0.329 e. The van der Waals surface area contributed by atoms with Gasteiger partial charge in [0.1, 0.15) is 0 Å². The number of benzene rings is 1. The van der Waals surface area contributed by atoms with E-state index < -0.39 is 11.8 Å². The van der Waals surface area contributed by atoms with Gasteiger partial charge in [0.05, 0.1) is 6.21 Å². The summed E-state index contributed by atoms with van der Waals surface area (Å²) in [4.78, 5) is 22.4. The molecule has 0 aliphatic carbocycles. The average Bonchev–Trinajstić information content (AvgIpc) is 2.29. The van der Waals surface area contributed by atoms with Crippen LogP contribution in [0.25, 0.3) is 0 Å². The molecule has 0 unspecified atom stereocenters. The fraction of sp³-hybridized carbons (Fsp3) is 0.250. The minimum Gasteiger partial charge on any atom is -0.346 e. The van der Waals surface area contributed by atoms with Gasteiger partial charge in [0.15, 0.2) is 0 Å². The van der Waals surface area contributed by atoms with E-state index in [4.69, 9.17) is 0 Å². The summed E-state index contributed by atoms with van der Waals surface area (Å²) in [5.74, 6) is -1.46. The standard InChI is InChI=1S/C12H15N3O2/c1-9(2)14-11(16)12(17)15-13-8-10-6-4-3-5-7-10/h3-9H,1-2H3,(H,14,16)(H,15,17)/b13-8-. The molecule has 90 valence electrons. The van der Waals surface area contributed by atoms with Gasteiger partial charge in [-0.25, -0.2) is 5.43 Å². The zero-order chi connectivity index (χ0) is 12.7. The maximum Gasteiger partial charge on any atom is 0.329 e. The second kappa shape index (κ2) is 6.42. The molecule has 1 aromatic carbocycles. The van der Waals surface area contributed by atoms with Crippen LogP contribution in [0.3, 0.4) is 0 Å². The highest BCUT2D eigenvalue weighted by atomic mass is 16.2. The zero-order valence-corrected chi connectivity index (χ0v) is 9.81. The van der Waals surface area contributed by atoms with Gasteiger partial charge in [-0.05, 0) is 19.4 Å². The van der Waals surface area contributed by atoms with Gasteiger partial charge in [0.25, 0.3) is 0 Å². The minimum atomic E-state index is -0.772. The number of carbonyl (C=O) groups excluding carboxylic acids is 2. The van der Waals surface area contributed by atoms with Crippen LogP contribution < -0.4 is 10.7 Å². The van der Waals surface area contributed by atoms with Crippen molar-refractivity contribution in [3.63, 3.8) is 0 Å². The van der Waals surface area contributed by atoms with Crippen LogP contribution in [-0.2, 0) is 9.59 Å². The van der Waals surface area contributed by atoms with Crippen molar-refractivity contribution in [3.05, 3.63) is 35.9 Å². The highest BCUT2D eigenvalue weighted by Crippen LogP contribution is 1.92. The molecule has 0 radical (unpaired) electrons. The molecule has 1 rings (SSSR count). The molecule has 0 saturated heterocycles. The molecular weight excluding hydrogens is 218 g/mol. The van der Waals surface area contributed by atoms with Crippen molar-refractivity contribution in [3.8, 4) is 0 Å². The Kier molecular flexibility index (Phi) is 4.87. The molecule has 0 aromatic heterocycles. The summed E-state index contributed by atoms with van der Waals surface area (Å²) < 4.78 is 0. The summed E-state index contributed by atoms with van der Waals surface area (Å²) in [7, 11) is 0. The molecule has 2 N–H and O–H groups in total. The van der Waals surface area contributed by atoms with E-state index in [1.165, 1.54) is 6.21 Å². The van der Waals surface area contributed by atoms with E-state index in [0.717, 1.165) is 5.56 Å². The predicted octanol–water partition coefficient (Wildman–Crippen LogP) is 0.661. The van der Waals surface area contributed by atoms with Gasteiger partial charge >= 0.3 is 11.8 Å². The van der Waals surface area contributed by atoms with Crippen molar-refractivity contribution in [2.75, 3.05) is 0 Å². The van der Waals surface area contributed by atoms with Crippen molar-refractivity contribution in [2.24, 2.45) is 5.10 Å². The van der Waals surface area contributed by atoms with E-state index in [1.54, 1.807) is 13.8 Å². The van der Waals surface area contributed by atoms with Gasteiger partial charge < -0.3 is 5.32 Å². The van der Waals surface area contributed by atoms with Crippen LogP contribution >= 0.6 is 0 Å². The number of rotatable bonds is 3. The number of hydrazone groups is 1. The second-order valence-corrected chi connectivity index (χ2v) is 3.74. The van der Waals surface area contributed by atoms with E-state index >= 15 is 0 Å². The fourth-order valence-corrected chi connectivity index (χ4v) is 1.08. The van der Waals surface area contributed by atoms with Gasteiger partial charge in [-0.2, -0.15) is 5.10 Å². The monoisotopic (exact) mass is 233 g/mol. The van der Waals surface area contributed by atoms with Gasteiger partial charge in [0.2, 0.25) is 0 Å². The molecule has 0 atom stereocenters. The number of nitrogens with zero attached hydrogens (tertiary/aromatic N) is 1. The SMILES string of the molecule is CC(C)NC(=O)C(=O)N/N=C\c1ccccc1. The third-order valence-corrected chi connectivity index (χ3v) is 1.81. The number of nitrogens with one attached hydrogen (secondary N) is 2. The first-order chi connectivity index (χ1) is 8.09. The highest BCUT2D eigenvalue weighted by molar-refractivity contribution is 6.35. The number of hydrogen-bond acceptors (Lipinski definition) is 3. The van der Waals surface area contributed by atoms with Crippen molar-refractivity contribution < 1.29 is 9.59 Å². The number of amides is 2. The van der Waals surface area contributed by atoms with Crippen LogP contribution in [0.2, 0.25) is 0 Å². The maximum absolute atomic E-state index is 11.2. The first-order valence-electron chi connectivity index (χ1n) is 5.28. The topological polar surface area (TPSA) is 70.6 Å². The molecule has 5 nitrogen and oxygen atoms in total. The van der Waals surface area contributed by atoms with E-state index in [-0.39, 0.29) is 6.04 Å². The normalized spacial score (nSPS) is 10.5. The Morgan fingerprint density at radius 1 is 1.18 bits per heavy atom. The number of hydrogen-bond donors (Lipinski definition) is 2. The van der Waals surface area contributed by atoms with Crippen LogP contribution in [0, 0.1) is 0 Å². The molecule has 5 heteroatoms. The Bertz CT molecular complexity index is 413. The number of carbonyl (C=O) groups is 2.